The number of carboxylic acid groups (broad SMARTS) is 2. The number of aromatic carboxylic acids is 2. The van der Waals surface area contributed by atoms with E-state index in [0.717, 1.165) is 17.8 Å². The van der Waals surface area contributed by atoms with Crippen molar-refractivity contribution >= 4 is 52.2 Å². The van der Waals surface area contributed by atoms with E-state index in [-0.39, 0.29) is 32.6 Å². The highest BCUT2D eigenvalue weighted by Gasteiger charge is 2.25. The predicted molar refractivity (Wildman–Crippen MR) is 122 cm³/mol. The number of furan rings is 1. The Hall–Kier alpha value is -4.71. The molecule has 1 aliphatic rings. The number of benzene rings is 2. The summed E-state index contributed by atoms with van der Waals surface area (Å²) in [6, 6.07) is 12.5. The number of carbonyl (C=O) groups excluding carboxylic acids is 1. The van der Waals surface area contributed by atoms with Crippen LogP contribution in [-0.2, 0) is 4.79 Å². The molecule has 1 aromatic heterocycles. The summed E-state index contributed by atoms with van der Waals surface area (Å²) < 4.78 is 5.69. The molecule has 0 bridgehead atoms. The molecule has 3 aromatic rings. The van der Waals surface area contributed by atoms with E-state index in [1.165, 1.54) is 36.4 Å². The second-order valence-corrected chi connectivity index (χ2v) is 7.90. The van der Waals surface area contributed by atoms with Crippen molar-refractivity contribution in [3.8, 4) is 11.3 Å². The normalized spacial score (nSPS) is 15.5. The van der Waals surface area contributed by atoms with Crippen molar-refractivity contribution in [3.63, 3.8) is 0 Å². The highest BCUT2D eigenvalue weighted by molar-refractivity contribution is 8.18. The summed E-state index contributed by atoms with van der Waals surface area (Å²) in [5.41, 5.74) is -0.0508. The van der Waals surface area contributed by atoms with Crippen molar-refractivity contribution in [2.75, 3.05) is 0 Å². The molecule has 1 fully saturated rings. The SMILES string of the molecule is O=C1NC(=Nc2cc(C(=O)O)cc(C(=O)O)c2)S/C1=C/c1ccc(-c2cccc([N+](=O)[O-])c2)o1. The van der Waals surface area contributed by atoms with Crippen molar-refractivity contribution in [1.29, 1.82) is 0 Å². The van der Waals surface area contributed by atoms with Crippen molar-refractivity contribution in [1.82, 2.24) is 5.32 Å². The summed E-state index contributed by atoms with van der Waals surface area (Å²) in [4.78, 5) is 49.7. The van der Waals surface area contributed by atoms with Gasteiger partial charge in [-0.2, -0.15) is 0 Å². The first-order valence-electron chi connectivity index (χ1n) is 9.45. The summed E-state index contributed by atoms with van der Waals surface area (Å²) in [6.07, 6.45) is 1.46. The Morgan fingerprint density at radius 1 is 1.06 bits per heavy atom. The highest BCUT2D eigenvalue weighted by atomic mass is 32.2. The van der Waals surface area contributed by atoms with Crippen LogP contribution in [0.4, 0.5) is 11.4 Å². The van der Waals surface area contributed by atoms with Crippen LogP contribution < -0.4 is 5.32 Å². The van der Waals surface area contributed by atoms with Crippen LogP contribution in [0, 0.1) is 10.1 Å². The maximum absolute atomic E-state index is 12.3. The van der Waals surface area contributed by atoms with Gasteiger partial charge < -0.3 is 19.9 Å². The number of rotatable bonds is 6. The molecule has 1 aliphatic heterocycles. The van der Waals surface area contributed by atoms with Gasteiger partial charge >= 0.3 is 11.9 Å². The van der Waals surface area contributed by atoms with Crippen molar-refractivity contribution in [3.05, 3.63) is 86.5 Å². The molecule has 0 radical (unpaired) electrons. The lowest BCUT2D eigenvalue weighted by molar-refractivity contribution is -0.384. The van der Waals surface area contributed by atoms with Crippen molar-refractivity contribution in [2.45, 2.75) is 0 Å². The number of thioether (sulfide) groups is 1. The second-order valence-electron chi connectivity index (χ2n) is 6.87. The number of nitro benzene ring substituents is 1. The maximum Gasteiger partial charge on any atom is 0.335 e. The van der Waals surface area contributed by atoms with Crippen LogP contribution in [0.1, 0.15) is 26.5 Å². The molecule has 0 atom stereocenters. The zero-order valence-electron chi connectivity index (χ0n) is 16.9. The lowest BCUT2D eigenvalue weighted by Gasteiger charge is -2.02. The van der Waals surface area contributed by atoms with E-state index in [1.807, 2.05) is 0 Å². The summed E-state index contributed by atoms with van der Waals surface area (Å²) in [7, 11) is 0. The van der Waals surface area contributed by atoms with Crippen LogP contribution in [0.15, 0.2) is 68.9 Å². The average Bonchev–Trinajstić information content (AvgIpc) is 3.40. The minimum atomic E-state index is -1.31. The Morgan fingerprint density at radius 2 is 1.76 bits per heavy atom. The van der Waals surface area contributed by atoms with Gasteiger partial charge in [-0.25, -0.2) is 14.6 Å². The molecule has 1 amide bonds. The molecule has 1 saturated heterocycles. The summed E-state index contributed by atoms with van der Waals surface area (Å²) in [5.74, 6) is -2.41. The Kier molecular flexibility index (Phi) is 5.97. The van der Waals surface area contributed by atoms with Crippen molar-refractivity contribution < 1.29 is 33.9 Å². The number of nitrogens with one attached hydrogen (secondary N) is 1. The summed E-state index contributed by atoms with van der Waals surface area (Å²) in [5, 5.41) is 32.0. The third-order valence-corrected chi connectivity index (χ3v) is 5.44. The lowest BCUT2D eigenvalue weighted by atomic mass is 10.1. The van der Waals surface area contributed by atoms with Gasteiger partial charge in [0.25, 0.3) is 11.6 Å². The van der Waals surface area contributed by atoms with Crippen LogP contribution in [-0.4, -0.2) is 38.1 Å². The van der Waals surface area contributed by atoms with E-state index in [9.17, 15) is 34.7 Å². The standard InChI is InChI=1S/C22H13N3O8S/c26-19-18(10-16-4-5-17(33-16)11-2-1-3-15(9-11)25(31)32)34-22(24-19)23-14-7-12(20(27)28)6-13(8-14)21(29)30/h1-10H,(H,27,28)(H,29,30)(H,23,24,26)/b18-10+. The van der Waals surface area contributed by atoms with E-state index in [0.29, 0.717) is 17.1 Å². The molecule has 2 aromatic carbocycles. The first-order valence-corrected chi connectivity index (χ1v) is 10.3. The number of hydrogen-bond donors (Lipinski definition) is 3. The van der Waals surface area contributed by atoms with Crippen molar-refractivity contribution in [2.24, 2.45) is 4.99 Å². The van der Waals surface area contributed by atoms with E-state index in [2.05, 4.69) is 10.3 Å². The Labute approximate surface area is 194 Å². The minimum absolute atomic E-state index is 0.0484. The molecule has 0 spiro atoms. The van der Waals surface area contributed by atoms with E-state index in [4.69, 9.17) is 4.42 Å². The smallest absolute Gasteiger partial charge is 0.335 e. The number of non-ortho nitro benzene ring substituents is 1. The molecular weight excluding hydrogens is 466 g/mol. The third kappa shape index (κ3) is 4.86. The summed E-state index contributed by atoms with van der Waals surface area (Å²) in [6.45, 7) is 0. The number of amides is 1. The molecule has 12 heteroatoms. The van der Waals surface area contributed by atoms with Crippen LogP contribution >= 0.6 is 11.8 Å². The zero-order chi connectivity index (χ0) is 24.4. The van der Waals surface area contributed by atoms with E-state index in [1.54, 1.807) is 18.2 Å². The Balaban J connectivity index is 1.58. The number of carbonyl (C=O) groups is 3. The quantitative estimate of drug-likeness (QED) is 0.267. The molecule has 0 aliphatic carbocycles. The molecule has 11 nitrogen and oxygen atoms in total. The fraction of sp³-hybridized carbons (Fsp3) is 0. The van der Waals surface area contributed by atoms with E-state index >= 15 is 0 Å². The van der Waals surface area contributed by atoms with Gasteiger partial charge in [0.1, 0.15) is 11.5 Å². The summed E-state index contributed by atoms with van der Waals surface area (Å²) >= 11 is 0.955. The van der Waals surface area contributed by atoms with Gasteiger partial charge in [0.15, 0.2) is 5.17 Å². The predicted octanol–water partition coefficient (Wildman–Crippen LogP) is 4.14. The van der Waals surface area contributed by atoms with Crippen LogP contribution in [0.3, 0.4) is 0 Å². The van der Waals surface area contributed by atoms with Gasteiger partial charge in [0.2, 0.25) is 0 Å². The number of amidine groups is 1. The molecule has 3 N–H and O–H groups in total. The number of nitrogens with zero attached hydrogens (tertiary/aromatic N) is 2. The number of carboxylic acids is 2. The second kappa shape index (κ2) is 9.03. The third-order valence-electron chi connectivity index (χ3n) is 4.53. The van der Waals surface area contributed by atoms with Gasteiger partial charge in [-0.05, 0) is 42.1 Å². The molecule has 34 heavy (non-hydrogen) atoms. The fourth-order valence-electron chi connectivity index (χ4n) is 3.01. The van der Waals surface area contributed by atoms with Gasteiger partial charge in [-0.15, -0.1) is 0 Å². The topological polar surface area (TPSA) is 172 Å². The number of aliphatic imine (C=N–C) groups is 1. The molecule has 2 heterocycles. The lowest BCUT2D eigenvalue weighted by Crippen LogP contribution is -2.19. The van der Waals surface area contributed by atoms with Gasteiger partial charge in [0, 0.05) is 23.8 Å². The zero-order valence-corrected chi connectivity index (χ0v) is 17.7. The largest absolute Gasteiger partial charge is 0.478 e. The first-order chi connectivity index (χ1) is 16.2. The monoisotopic (exact) mass is 479 g/mol. The average molecular weight is 479 g/mol. The molecule has 0 unspecified atom stereocenters. The minimum Gasteiger partial charge on any atom is -0.478 e. The molecule has 0 saturated carbocycles. The Morgan fingerprint density at radius 3 is 2.41 bits per heavy atom. The molecule has 4 rings (SSSR count). The molecular formula is C22H13N3O8S. The maximum atomic E-state index is 12.3. The van der Waals surface area contributed by atoms with Crippen LogP contribution in [0.5, 0.6) is 0 Å². The molecule has 170 valence electrons. The van der Waals surface area contributed by atoms with Gasteiger partial charge in [-0.1, -0.05) is 12.1 Å². The highest BCUT2D eigenvalue weighted by Crippen LogP contribution is 2.31. The number of hydrogen-bond acceptors (Lipinski definition) is 8. The number of nitro groups is 1. The van der Waals surface area contributed by atoms with E-state index < -0.39 is 22.8 Å². The fourth-order valence-corrected chi connectivity index (χ4v) is 3.83. The van der Waals surface area contributed by atoms with Gasteiger partial charge in [0.05, 0.1) is 26.6 Å². The van der Waals surface area contributed by atoms with Crippen LogP contribution in [0.2, 0.25) is 0 Å². The van der Waals surface area contributed by atoms with Gasteiger partial charge in [-0.3, -0.25) is 14.9 Å². The van der Waals surface area contributed by atoms with Crippen LogP contribution in [0.25, 0.3) is 17.4 Å². The first kappa shape index (κ1) is 22.5. The Bertz CT molecular complexity index is 1390.